The second-order valence-corrected chi connectivity index (χ2v) is 5.66. The number of pyridine rings is 1. The van der Waals surface area contributed by atoms with Crippen LogP contribution in [0.2, 0.25) is 0 Å². The molecule has 0 bridgehead atoms. The Bertz CT molecular complexity index is 617. The van der Waals surface area contributed by atoms with E-state index in [1.54, 1.807) is 0 Å². The van der Waals surface area contributed by atoms with Gasteiger partial charge in [-0.1, -0.05) is 32.0 Å². The fraction of sp³-hybridized carbons (Fsp3) is 0.438. The van der Waals surface area contributed by atoms with Crippen molar-refractivity contribution in [3.8, 4) is 0 Å². The predicted octanol–water partition coefficient (Wildman–Crippen LogP) is 3.52. The molecule has 1 aromatic heterocycles. The van der Waals surface area contributed by atoms with Gasteiger partial charge in [0.1, 0.15) is 0 Å². The minimum Gasteiger partial charge on any atom is -0.323 e. The van der Waals surface area contributed by atoms with Gasteiger partial charge in [0.15, 0.2) is 0 Å². The average Bonchev–Trinajstić information content (AvgIpc) is 2.43. The second-order valence-electron chi connectivity index (χ2n) is 5.66. The highest BCUT2D eigenvalue weighted by Crippen LogP contribution is 2.35. The summed E-state index contributed by atoms with van der Waals surface area (Å²) in [6.07, 6.45) is 4.63. The van der Waals surface area contributed by atoms with Crippen LogP contribution < -0.4 is 11.3 Å². The van der Waals surface area contributed by atoms with Crippen LogP contribution in [-0.2, 0) is 12.8 Å². The van der Waals surface area contributed by atoms with Crippen molar-refractivity contribution in [1.29, 1.82) is 0 Å². The van der Waals surface area contributed by atoms with Crippen LogP contribution in [0.25, 0.3) is 10.9 Å². The van der Waals surface area contributed by atoms with E-state index < -0.39 is 0 Å². The number of para-hydroxylation sites is 1. The quantitative estimate of drug-likeness (QED) is 0.637. The molecular formula is C16H21N3. The maximum absolute atomic E-state index is 5.79. The molecule has 0 fully saturated rings. The summed E-state index contributed by atoms with van der Waals surface area (Å²) in [6.45, 7) is 4.43. The monoisotopic (exact) mass is 255 g/mol. The Labute approximate surface area is 114 Å². The van der Waals surface area contributed by atoms with Crippen molar-refractivity contribution >= 4 is 16.6 Å². The lowest BCUT2D eigenvalue weighted by atomic mass is 9.91. The summed E-state index contributed by atoms with van der Waals surface area (Å²) in [4.78, 5) is 4.95. The molecule has 1 aliphatic rings. The van der Waals surface area contributed by atoms with Gasteiger partial charge in [0.05, 0.1) is 11.2 Å². The van der Waals surface area contributed by atoms with Crippen LogP contribution in [0.3, 0.4) is 0 Å². The third kappa shape index (κ3) is 1.98. The minimum atomic E-state index is 0.475. The van der Waals surface area contributed by atoms with E-state index in [9.17, 15) is 0 Å². The summed E-state index contributed by atoms with van der Waals surface area (Å²) in [6, 6.07) is 6.41. The zero-order chi connectivity index (χ0) is 13.4. The highest BCUT2D eigenvalue weighted by atomic mass is 15.2. The third-order valence-corrected chi connectivity index (χ3v) is 4.09. The lowest BCUT2D eigenvalue weighted by Gasteiger charge is -2.21. The molecule has 3 N–H and O–H groups in total. The highest BCUT2D eigenvalue weighted by Gasteiger charge is 2.19. The van der Waals surface area contributed by atoms with Crippen LogP contribution in [-0.4, -0.2) is 4.98 Å². The SMILES string of the molecule is CC(C)c1cccc2c(NN)c3c(nc12)CCCC3. The molecule has 100 valence electrons. The number of nitrogens with zero attached hydrogens (tertiary/aromatic N) is 1. The molecule has 1 aliphatic carbocycles. The Morgan fingerprint density at radius 2 is 2.00 bits per heavy atom. The van der Waals surface area contributed by atoms with E-state index in [-0.39, 0.29) is 0 Å². The molecule has 0 spiro atoms. The lowest BCUT2D eigenvalue weighted by molar-refractivity contribution is 0.671. The van der Waals surface area contributed by atoms with Crippen LogP contribution in [0.4, 0.5) is 5.69 Å². The summed E-state index contributed by atoms with van der Waals surface area (Å²) in [5, 5.41) is 1.16. The smallest absolute Gasteiger partial charge is 0.0761 e. The van der Waals surface area contributed by atoms with Crippen molar-refractivity contribution in [3.05, 3.63) is 35.0 Å². The van der Waals surface area contributed by atoms with Crippen molar-refractivity contribution in [2.45, 2.75) is 45.4 Å². The lowest BCUT2D eigenvalue weighted by Crippen LogP contribution is -2.15. The number of aryl methyl sites for hydroxylation is 1. The number of fused-ring (bicyclic) bond motifs is 2. The van der Waals surface area contributed by atoms with E-state index in [1.807, 2.05) is 0 Å². The normalized spacial score (nSPS) is 14.7. The highest BCUT2D eigenvalue weighted by molar-refractivity contribution is 5.95. The third-order valence-electron chi connectivity index (χ3n) is 4.09. The van der Waals surface area contributed by atoms with Gasteiger partial charge in [-0.2, -0.15) is 0 Å². The molecule has 3 heteroatoms. The van der Waals surface area contributed by atoms with E-state index >= 15 is 0 Å². The number of anilines is 1. The fourth-order valence-electron chi connectivity index (χ4n) is 3.10. The van der Waals surface area contributed by atoms with Crippen molar-refractivity contribution < 1.29 is 0 Å². The maximum atomic E-state index is 5.79. The van der Waals surface area contributed by atoms with Crippen LogP contribution in [0.1, 0.15) is 49.4 Å². The van der Waals surface area contributed by atoms with Gasteiger partial charge in [0.25, 0.3) is 0 Å². The molecule has 0 saturated carbocycles. The maximum Gasteiger partial charge on any atom is 0.0761 e. The molecule has 0 radical (unpaired) electrons. The van der Waals surface area contributed by atoms with Crippen molar-refractivity contribution in [2.75, 3.05) is 5.43 Å². The molecule has 0 aliphatic heterocycles. The zero-order valence-corrected chi connectivity index (χ0v) is 11.7. The van der Waals surface area contributed by atoms with Crippen molar-refractivity contribution in [3.63, 3.8) is 0 Å². The molecule has 3 rings (SSSR count). The van der Waals surface area contributed by atoms with Gasteiger partial charge in [-0.05, 0) is 42.7 Å². The largest absolute Gasteiger partial charge is 0.323 e. The standard InChI is InChI=1S/C16H21N3/c1-10(2)11-7-5-8-13-15(11)18-14-9-4-3-6-12(14)16(13)19-17/h5,7-8,10H,3-4,6,9,17H2,1-2H3,(H,18,19). The van der Waals surface area contributed by atoms with Crippen molar-refractivity contribution in [1.82, 2.24) is 4.98 Å². The summed E-state index contributed by atoms with van der Waals surface area (Å²) in [5.41, 5.74) is 8.99. The van der Waals surface area contributed by atoms with Crippen LogP contribution in [0.15, 0.2) is 18.2 Å². The first-order valence-electron chi connectivity index (χ1n) is 7.13. The number of hydrazine groups is 1. The first-order valence-corrected chi connectivity index (χ1v) is 7.13. The van der Waals surface area contributed by atoms with Gasteiger partial charge in [-0.15, -0.1) is 0 Å². The van der Waals surface area contributed by atoms with E-state index in [1.165, 1.54) is 29.7 Å². The Kier molecular flexibility index (Phi) is 3.15. The Balaban J connectivity index is 2.36. The number of hydrogen-bond acceptors (Lipinski definition) is 3. The summed E-state index contributed by atoms with van der Waals surface area (Å²) in [7, 11) is 0. The van der Waals surface area contributed by atoms with Crippen LogP contribution >= 0.6 is 0 Å². The number of nitrogens with one attached hydrogen (secondary N) is 1. The van der Waals surface area contributed by atoms with Gasteiger partial charge in [0.2, 0.25) is 0 Å². The Hall–Kier alpha value is -1.61. The van der Waals surface area contributed by atoms with E-state index in [4.69, 9.17) is 10.8 Å². The molecule has 3 nitrogen and oxygen atoms in total. The summed E-state index contributed by atoms with van der Waals surface area (Å²) < 4.78 is 0. The molecular weight excluding hydrogens is 234 g/mol. The molecule has 0 saturated heterocycles. The summed E-state index contributed by atoms with van der Waals surface area (Å²) >= 11 is 0. The molecule has 2 aromatic rings. The Morgan fingerprint density at radius 3 is 2.74 bits per heavy atom. The van der Waals surface area contributed by atoms with Gasteiger partial charge >= 0.3 is 0 Å². The molecule has 19 heavy (non-hydrogen) atoms. The van der Waals surface area contributed by atoms with Gasteiger partial charge < -0.3 is 5.43 Å². The van der Waals surface area contributed by atoms with Gasteiger partial charge in [-0.25, -0.2) is 0 Å². The topological polar surface area (TPSA) is 50.9 Å². The first kappa shape index (κ1) is 12.4. The number of nitrogens with two attached hydrogens (primary N) is 1. The molecule has 0 amide bonds. The minimum absolute atomic E-state index is 0.475. The van der Waals surface area contributed by atoms with Gasteiger partial charge in [0, 0.05) is 11.1 Å². The van der Waals surface area contributed by atoms with Crippen LogP contribution in [0.5, 0.6) is 0 Å². The van der Waals surface area contributed by atoms with Crippen LogP contribution in [0, 0.1) is 0 Å². The van der Waals surface area contributed by atoms with E-state index in [2.05, 4.69) is 37.5 Å². The number of benzene rings is 1. The first-order chi connectivity index (χ1) is 9.22. The molecule has 0 atom stereocenters. The average molecular weight is 255 g/mol. The number of nitrogen functional groups attached to an aromatic ring is 1. The number of aromatic nitrogens is 1. The molecule has 1 heterocycles. The van der Waals surface area contributed by atoms with Gasteiger partial charge in [-0.3, -0.25) is 10.8 Å². The molecule has 1 aromatic carbocycles. The van der Waals surface area contributed by atoms with E-state index in [0.717, 1.165) is 29.4 Å². The summed E-state index contributed by atoms with van der Waals surface area (Å²) in [5.74, 6) is 6.26. The van der Waals surface area contributed by atoms with E-state index in [0.29, 0.717) is 5.92 Å². The fourth-order valence-corrected chi connectivity index (χ4v) is 3.10. The predicted molar refractivity (Wildman–Crippen MR) is 80.3 cm³/mol. The van der Waals surface area contributed by atoms with Crippen molar-refractivity contribution in [2.24, 2.45) is 5.84 Å². The second kappa shape index (κ2) is 4.82. The zero-order valence-electron chi connectivity index (χ0n) is 11.7. The number of rotatable bonds is 2. The number of hydrogen-bond donors (Lipinski definition) is 2. The molecule has 0 unspecified atom stereocenters. The Morgan fingerprint density at radius 1 is 1.21 bits per heavy atom.